The number of hydrogen-bond donors (Lipinski definition) is 1. The average molecular weight is 498 g/mol. The summed E-state index contributed by atoms with van der Waals surface area (Å²) in [5.74, 6) is 1.53. The molecule has 6 nitrogen and oxygen atoms in total. The number of amides is 1. The summed E-state index contributed by atoms with van der Waals surface area (Å²) < 4.78 is 13.7. The van der Waals surface area contributed by atoms with Gasteiger partial charge in [0.25, 0.3) is 0 Å². The lowest BCUT2D eigenvalue weighted by Gasteiger charge is -2.26. The number of benzene rings is 3. The van der Waals surface area contributed by atoms with E-state index in [1.165, 1.54) is 5.39 Å². The minimum Gasteiger partial charge on any atom is -0.457 e. The Morgan fingerprint density at radius 2 is 1.73 bits per heavy atom. The zero-order chi connectivity index (χ0) is 25.5. The van der Waals surface area contributed by atoms with Gasteiger partial charge < -0.3 is 19.4 Å². The van der Waals surface area contributed by atoms with Crippen LogP contribution in [0.1, 0.15) is 29.9 Å². The fourth-order valence-electron chi connectivity index (χ4n) is 5.09. The van der Waals surface area contributed by atoms with Gasteiger partial charge in [-0.25, -0.2) is 0 Å². The van der Waals surface area contributed by atoms with E-state index in [2.05, 4.69) is 64.4 Å². The summed E-state index contributed by atoms with van der Waals surface area (Å²) in [7, 11) is 2.06. The Balaban J connectivity index is 1.34. The van der Waals surface area contributed by atoms with Crippen LogP contribution >= 0.6 is 0 Å². The molecule has 0 radical (unpaired) electrons. The van der Waals surface area contributed by atoms with Crippen molar-refractivity contribution in [2.75, 3.05) is 39.4 Å². The molecule has 37 heavy (non-hydrogen) atoms. The molecule has 1 aromatic heterocycles. The molecule has 1 atom stereocenters. The lowest BCUT2D eigenvalue weighted by atomic mass is 9.88. The molecule has 3 aromatic carbocycles. The van der Waals surface area contributed by atoms with Crippen LogP contribution in [0.5, 0.6) is 11.5 Å². The number of fused-ring (bicyclic) bond motifs is 1. The predicted molar refractivity (Wildman–Crippen MR) is 147 cm³/mol. The third-order valence-corrected chi connectivity index (χ3v) is 7.01. The maximum atomic E-state index is 13.2. The van der Waals surface area contributed by atoms with E-state index in [0.29, 0.717) is 13.0 Å². The van der Waals surface area contributed by atoms with Crippen molar-refractivity contribution in [2.45, 2.75) is 18.8 Å². The number of rotatable bonds is 10. The third kappa shape index (κ3) is 6.40. The Morgan fingerprint density at radius 1 is 0.973 bits per heavy atom. The van der Waals surface area contributed by atoms with Gasteiger partial charge in [-0.15, -0.1) is 0 Å². The number of carbonyl (C=O) groups is 1. The molecule has 1 N–H and O–H groups in total. The Kier molecular flexibility index (Phi) is 8.18. The predicted octanol–water partition coefficient (Wildman–Crippen LogP) is 5.33. The van der Waals surface area contributed by atoms with E-state index in [4.69, 9.17) is 9.47 Å². The molecule has 2 heterocycles. The zero-order valence-corrected chi connectivity index (χ0v) is 21.4. The monoisotopic (exact) mass is 497 g/mol. The molecule has 6 heteroatoms. The van der Waals surface area contributed by atoms with Gasteiger partial charge in [-0.05, 0) is 54.4 Å². The Hall–Kier alpha value is -3.61. The lowest BCUT2D eigenvalue weighted by molar-refractivity contribution is -0.121. The van der Waals surface area contributed by atoms with Gasteiger partial charge in [0.15, 0.2) is 0 Å². The minimum atomic E-state index is -0.0929. The third-order valence-electron chi connectivity index (χ3n) is 7.01. The molecule has 0 aliphatic carbocycles. The number of ether oxygens (including phenoxy) is 2. The van der Waals surface area contributed by atoms with Gasteiger partial charge in [0.2, 0.25) is 5.91 Å². The maximum absolute atomic E-state index is 13.2. The molecule has 1 saturated heterocycles. The highest BCUT2D eigenvalue weighted by Gasteiger charge is 2.23. The highest BCUT2D eigenvalue weighted by Crippen LogP contribution is 2.36. The van der Waals surface area contributed by atoms with Crippen molar-refractivity contribution in [1.82, 2.24) is 14.8 Å². The first kappa shape index (κ1) is 25.1. The second-order valence-corrected chi connectivity index (χ2v) is 9.61. The topological polar surface area (TPSA) is 55.7 Å². The molecular weight excluding hydrogens is 462 g/mol. The van der Waals surface area contributed by atoms with Crippen LogP contribution in [-0.2, 0) is 16.6 Å². The summed E-state index contributed by atoms with van der Waals surface area (Å²) in [6.45, 7) is 5.19. The second kappa shape index (κ2) is 12.1. The first-order valence-corrected chi connectivity index (χ1v) is 13.1. The Bertz CT molecular complexity index is 1310. The Morgan fingerprint density at radius 3 is 2.57 bits per heavy atom. The summed E-state index contributed by atoms with van der Waals surface area (Å²) in [5.41, 5.74) is 3.37. The van der Waals surface area contributed by atoms with Gasteiger partial charge in [0.05, 0.1) is 13.2 Å². The van der Waals surface area contributed by atoms with Crippen LogP contribution in [0.2, 0.25) is 0 Å². The van der Waals surface area contributed by atoms with Crippen LogP contribution in [-0.4, -0.2) is 54.8 Å². The molecule has 1 amide bonds. The van der Waals surface area contributed by atoms with Crippen molar-refractivity contribution in [2.24, 2.45) is 7.05 Å². The number of nitrogens with zero attached hydrogens (tertiary/aromatic N) is 2. The van der Waals surface area contributed by atoms with Gasteiger partial charge in [0.1, 0.15) is 11.5 Å². The summed E-state index contributed by atoms with van der Waals surface area (Å²) >= 11 is 0. The summed E-state index contributed by atoms with van der Waals surface area (Å²) in [6, 6.07) is 26.3. The smallest absolute Gasteiger partial charge is 0.220 e. The number of para-hydroxylation sites is 2. The second-order valence-electron chi connectivity index (χ2n) is 9.61. The van der Waals surface area contributed by atoms with Crippen LogP contribution in [0.15, 0.2) is 85.1 Å². The molecule has 4 aromatic rings. The first-order valence-electron chi connectivity index (χ1n) is 13.1. The number of nitrogens with one attached hydrogen (secondary N) is 1. The number of carbonyl (C=O) groups excluding carboxylic acids is 1. The van der Waals surface area contributed by atoms with E-state index in [0.717, 1.165) is 67.4 Å². The maximum Gasteiger partial charge on any atom is 0.220 e. The van der Waals surface area contributed by atoms with E-state index in [-0.39, 0.29) is 11.8 Å². The molecule has 192 valence electrons. The van der Waals surface area contributed by atoms with E-state index in [9.17, 15) is 4.79 Å². The molecule has 1 unspecified atom stereocenters. The molecule has 1 aliphatic heterocycles. The van der Waals surface area contributed by atoms with Crippen LogP contribution in [0.4, 0.5) is 0 Å². The average Bonchev–Trinajstić information content (AvgIpc) is 3.27. The Labute approximate surface area is 218 Å². The van der Waals surface area contributed by atoms with E-state index in [1.807, 2.05) is 42.5 Å². The summed E-state index contributed by atoms with van der Waals surface area (Å²) in [5, 5.41) is 4.34. The van der Waals surface area contributed by atoms with Crippen molar-refractivity contribution in [3.8, 4) is 11.5 Å². The largest absolute Gasteiger partial charge is 0.457 e. The van der Waals surface area contributed by atoms with Crippen molar-refractivity contribution >= 4 is 16.8 Å². The molecule has 0 spiro atoms. The van der Waals surface area contributed by atoms with Crippen LogP contribution in [0, 0.1) is 0 Å². The summed E-state index contributed by atoms with van der Waals surface area (Å²) in [6.07, 6.45) is 3.47. The number of aromatic nitrogens is 1. The minimum absolute atomic E-state index is 0.0642. The van der Waals surface area contributed by atoms with E-state index >= 15 is 0 Å². The molecule has 5 rings (SSSR count). The molecule has 0 saturated carbocycles. The van der Waals surface area contributed by atoms with Crippen molar-refractivity contribution < 1.29 is 14.3 Å². The molecular formula is C31H35N3O3. The van der Waals surface area contributed by atoms with Gasteiger partial charge in [-0.1, -0.05) is 48.5 Å². The highest BCUT2D eigenvalue weighted by molar-refractivity contribution is 5.86. The van der Waals surface area contributed by atoms with Crippen molar-refractivity contribution in [3.05, 3.63) is 96.2 Å². The zero-order valence-electron chi connectivity index (χ0n) is 21.4. The highest BCUT2D eigenvalue weighted by atomic mass is 16.5. The standard InChI is InChI=1S/C31H35N3O3/c1-33-23-29(27-13-5-6-14-30(27)33)28(22-31(35)32-15-8-16-34-17-19-36-20-18-34)24-9-7-12-26(21-24)37-25-10-3-2-4-11-25/h2-7,9-14,21,23,28H,8,15-20,22H2,1H3,(H,32,35). The van der Waals surface area contributed by atoms with Crippen LogP contribution < -0.4 is 10.1 Å². The molecule has 1 aliphatic rings. The fourth-order valence-corrected chi connectivity index (χ4v) is 5.09. The lowest BCUT2D eigenvalue weighted by Crippen LogP contribution is -2.38. The van der Waals surface area contributed by atoms with Gasteiger partial charge in [0, 0.05) is 56.1 Å². The molecule has 1 fully saturated rings. The van der Waals surface area contributed by atoms with E-state index in [1.54, 1.807) is 0 Å². The number of aryl methyl sites for hydroxylation is 1. The van der Waals surface area contributed by atoms with Crippen LogP contribution in [0.25, 0.3) is 10.9 Å². The van der Waals surface area contributed by atoms with E-state index < -0.39 is 0 Å². The van der Waals surface area contributed by atoms with Crippen LogP contribution in [0.3, 0.4) is 0 Å². The fraction of sp³-hybridized carbons (Fsp3) is 0.323. The number of morpholine rings is 1. The first-order chi connectivity index (χ1) is 18.2. The van der Waals surface area contributed by atoms with Gasteiger partial charge in [-0.2, -0.15) is 0 Å². The molecule has 0 bridgehead atoms. The summed E-state index contributed by atoms with van der Waals surface area (Å²) in [4.78, 5) is 15.6. The van der Waals surface area contributed by atoms with Crippen molar-refractivity contribution in [1.29, 1.82) is 0 Å². The van der Waals surface area contributed by atoms with Crippen molar-refractivity contribution in [3.63, 3.8) is 0 Å². The SMILES string of the molecule is Cn1cc(C(CC(=O)NCCCN2CCOCC2)c2cccc(Oc3ccccc3)c2)c2ccccc21. The number of hydrogen-bond acceptors (Lipinski definition) is 4. The van der Waals surface area contributed by atoms with Gasteiger partial charge in [-0.3, -0.25) is 9.69 Å². The normalized spacial score (nSPS) is 14.9. The van der Waals surface area contributed by atoms with Gasteiger partial charge >= 0.3 is 0 Å². The quantitative estimate of drug-likeness (QED) is 0.301.